The largest absolute Gasteiger partial charge is 0.457 e. The van der Waals surface area contributed by atoms with Gasteiger partial charge in [0, 0.05) is 13.2 Å². The summed E-state index contributed by atoms with van der Waals surface area (Å²) in [5, 5.41) is 0. The zero-order valence-corrected chi connectivity index (χ0v) is 11.9. The SMILES string of the molecule is CC(C)C(=O)OC(CC1CCOCC1)C(F)(F)C(F)(F)F. The smallest absolute Gasteiger partial charge is 0.455 e. The lowest BCUT2D eigenvalue weighted by atomic mass is 9.91. The van der Waals surface area contributed by atoms with Gasteiger partial charge in [-0.2, -0.15) is 22.0 Å². The Kier molecular flexibility index (Phi) is 5.95. The lowest BCUT2D eigenvalue weighted by molar-refractivity contribution is -0.317. The van der Waals surface area contributed by atoms with E-state index in [4.69, 9.17) is 4.74 Å². The number of halogens is 5. The Balaban J connectivity index is 2.85. The molecule has 21 heavy (non-hydrogen) atoms. The van der Waals surface area contributed by atoms with Crippen molar-refractivity contribution >= 4 is 5.97 Å². The molecule has 1 aliphatic rings. The Morgan fingerprint density at radius 3 is 2.14 bits per heavy atom. The Morgan fingerprint density at radius 2 is 1.71 bits per heavy atom. The van der Waals surface area contributed by atoms with E-state index in [-0.39, 0.29) is 5.92 Å². The fourth-order valence-electron chi connectivity index (χ4n) is 2.01. The van der Waals surface area contributed by atoms with E-state index in [9.17, 15) is 26.7 Å². The molecule has 1 aliphatic heterocycles. The van der Waals surface area contributed by atoms with Crippen molar-refractivity contribution in [3.05, 3.63) is 0 Å². The minimum Gasteiger partial charge on any atom is -0.455 e. The number of rotatable bonds is 5. The molecule has 0 aromatic carbocycles. The maximum atomic E-state index is 13.5. The van der Waals surface area contributed by atoms with Gasteiger partial charge in [0.1, 0.15) is 0 Å². The molecule has 0 bridgehead atoms. The monoisotopic (exact) mass is 318 g/mol. The number of carbonyl (C=O) groups excluding carboxylic acids is 1. The molecule has 1 fully saturated rings. The van der Waals surface area contributed by atoms with E-state index in [0.717, 1.165) is 0 Å². The molecule has 0 aliphatic carbocycles. The Bertz CT molecular complexity index is 348. The first-order chi connectivity index (χ1) is 9.55. The van der Waals surface area contributed by atoms with Gasteiger partial charge in [0.2, 0.25) is 0 Å². The summed E-state index contributed by atoms with van der Waals surface area (Å²) in [4.78, 5) is 11.4. The van der Waals surface area contributed by atoms with Gasteiger partial charge in [0.05, 0.1) is 5.92 Å². The molecule has 8 heteroatoms. The number of carbonyl (C=O) groups is 1. The molecule has 1 atom stereocenters. The summed E-state index contributed by atoms with van der Waals surface area (Å²) in [5.74, 6) is -7.27. The van der Waals surface area contributed by atoms with Crippen LogP contribution in [0.1, 0.15) is 33.1 Å². The second-order valence-electron chi connectivity index (χ2n) is 5.49. The maximum Gasteiger partial charge on any atom is 0.457 e. The van der Waals surface area contributed by atoms with Gasteiger partial charge < -0.3 is 9.47 Å². The molecular formula is C13H19F5O3. The quantitative estimate of drug-likeness (QED) is 0.574. The highest BCUT2D eigenvalue weighted by Crippen LogP contribution is 2.42. The van der Waals surface area contributed by atoms with E-state index >= 15 is 0 Å². The molecule has 1 saturated heterocycles. The lowest BCUT2D eigenvalue weighted by Crippen LogP contribution is -2.50. The van der Waals surface area contributed by atoms with Crippen LogP contribution in [0, 0.1) is 11.8 Å². The fraction of sp³-hybridized carbons (Fsp3) is 0.923. The molecular weight excluding hydrogens is 299 g/mol. The third-order valence-corrected chi connectivity index (χ3v) is 3.40. The number of alkyl halides is 5. The highest BCUT2D eigenvalue weighted by molar-refractivity contribution is 5.71. The summed E-state index contributed by atoms with van der Waals surface area (Å²) >= 11 is 0. The summed E-state index contributed by atoms with van der Waals surface area (Å²) in [6.45, 7) is 3.37. The van der Waals surface area contributed by atoms with Crippen LogP contribution in [0.4, 0.5) is 22.0 Å². The van der Waals surface area contributed by atoms with Crippen LogP contribution in [-0.4, -0.2) is 37.4 Å². The molecule has 0 aromatic rings. The summed E-state index contributed by atoms with van der Waals surface area (Å²) in [6, 6.07) is 0. The van der Waals surface area contributed by atoms with Crippen LogP contribution in [0.25, 0.3) is 0 Å². The molecule has 0 N–H and O–H groups in total. The van der Waals surface area contributed by atoms with E-state index < -0.39 is 36.5 Å². The molecule has 0 saturated carbocycles. The van der Waals surface area contributed by atoms with E-state index in [0.29, 0.717) is 26.1 Å². The van der Waals surface area contributed by atoms with Crippen molar-refractivity contribution in [2.24, 2.45) is 11.8 Å². The van der Waals surface area contributed by atoms with Crippen molar-refractivity contribution in [2.45, 2.75) is 51.3 Å². The lowest BCUT2D eigenvalue weighted by Gasteiger charge is -2.32. The predicted molar refractivity (Wildman–Crippen MR) is 63.9 cm³/mol. The van der Waals surface area contributed by atoms with Crippen LogP contribution in [0.2, 0.25) is 0 Å². The third-order valence-electron chi connectivity index (χ3n) is 3.40. The molecule has 1 unspecified atom stereocenters. The van der Waals surface area contributed by atoms with Gasteiger partial charge in [-0.05, 0) is 25.2 Å². The van der Waals surface area contributed by atoms with E-state index in [2.05, 4.69) is 4.74 Å². The second kappa shape index (κ2) is 6.89. The van der Waals surface area contributed by atoms with Gasteiger partial charge >= 0.3 is 18.1 Å². The number of hydrogen-bond acceptors (Lipinski definition) is 3. The number of hydrogen-bond donors (Lipinski definition) is 0. The molecule has 1 rings (SSSR count). The molecule has 3 nitrogen and oxygen atoms in total. The van der Waals surface area contributed by atoms with E-state index in [1.165, 1.54) is 13.8 Å². The van der Waals surface area contributed by atoms with E-state index in [1.54, 1.807) is 0 Å². The summed E-state index contributed by atoms with van der Waals surface area (Å²) in [5.41, 5.74) is 0. The van der Waals surface area contributed by atoms with Crippen LogP contribution in [-0.2, 0) is 14.3 Å². The molecule has 124 valence electrons. The van der Waals surface area contributed by atoms with Crippen molar-refractivity contribution in [1.82, 2.24) is 0 Å². The Labute approximate surface area is 119 Å². The standard InChI is InChI=1S/C13H19F5O3/c1-8(2)11(19)21-10(12(14,15)13(16,17)18)7-9-3-5-20-6-4-9/h8-10H,3-7H2,1-2H3. The summed E-state index contributed by atoms with van der Waals surface area (Å²) < 4.78 is 74.1. The first-order valence-electron chi connectivity index (χ1n) is 6.78. The van der Waals surface area contributed by atoms with Gasteiger partial charge in [-0.3, -0.25) is 4.79 Å². The average molecular weight is 318 g/mol. The van der Waals surface area contributed by atoms with Crippen molar-refractivity contribution < 1.29 is 36.2 Å². The van der Waals surface area contributed by atoms with Crippen LogP contribution < -0.4 is 0 Å². The first-order valence-corrected chi connectivity index (χ1v) is 6.78. The minimum absolute atomic E-state index is 0.313. The van der Waals surface area contributed by atoms with Crippen molar-refractivity contribution in [2.75, 3.05) is 13.2 Å². The number of ether oxygens (including phenoxy) is 2. The van der Waals surface area contributed by atoms with Crippen LogP contribution >= 0.6 is 0 Å². The zero-order valence-electron chi connectivity index (χ0n) is 11.9. The first kappa shape index (κ1) is 18.1. The number of esters is 1. The van der Waals surface area contributed by atoms with Crippen molar-refractivity contribution in [3.8, 4) is 0 Å². The minimum atomic E-state index is -5.75. The molecule has 1 heterocycles. The Morgan fingerprint density at radius 1 is 1.19 bits per heavy atom. The fourth-order valence-corrected chi connectivity index (χ4v) is 2.01. The van der Waals surface area contributed by atoms with Gasteiger partial charge in [0.15, 0.2) is 6.10 Å². The molecule has 0 spiro atoms. The molecule has 0 radical (unpaired) electrons. The molecule has 0 aromatic heterocycles. The normalized spacial score (nSPS) is 19.6. The van der Waals surface area contributed by atoms with Crippen LogP contribution in [0.3, 0.4) is 0 Å². The van der Waals surface area contributed by atoms with Gasteiger partial charge in [-0.1, -0.05) is 13.8 Å². The predicted octanol–water partition coefficient (Wildman–Crippen LogP) is 3.57. The highest BCUT2D eigenvalue weighted by Gasteiger charge is 2.64. The van der Waals surface area contributed by atoms with Crippen LogP contribution in [0.5, 0.6) is 0 Å². The highest BCUT2D eigenvalue weighted by atomic mass is 19.4. The summed E-state index contributed by atoms with van der Waals surface area (Å²) in [6.07, 6.45) is -8.00. The second-order valence-corrected chi connectivity index (χ2v) is 5.49. The molecule has 0 amide bonds. The van der Waals surface area contributed by atoms with Crippen molar-refractivity contribution in [3.63, 3.8) is 0 Å². The van der Waals surface area contributed by atoms with E-state index in [1.807, 2.05) is 0 Å². The summed E-state index contributed by atoms with van der Waals surface area (Å²) in [7, 11) is 0. The van der Waals surface area contributed by atoms with Crippen molar-refractivity contribution in [1.29, 1.82) is 0 Å². The zero-order chi connectivity index (χ0) is 16.3. The third kappa shape index (κ3) is 4.79. The maximum absolute atomic E-state index is 13.5. The van der Waals surface area contributed by atoms with Gasteiger partial charge in [0.25, 0.3) is 0 Å². The average Bonchev–Trinajstić information content (AvgIpc) is 2.37. The van der Waals surface area contributed by atoms with Gasteiger partial charge in [-0.25, -0.2) is 0 Å². The van der Waals surface area contributed by atoms with Gasteiger partial charge in [-0.15, -0.1) is 0 Å². The Hall–Kier alpha value is -0.920. The topological polar surface area (TPSA) is 35.5 Å². The van der Waals surface area contributed by atoms with Crippen LogP contribution in [0.15, 0.2) is 0 Å².